The van der Waals surface area contributed by atoms with Crippen molar-refractivity contribution in [2.75, 3.05) is 31.6 Å². The fourth-order valence-electron chi connectivity index (χ4n) is 3.22. The number of hydrogen-bond donors (Lipinski definition) is 1. The zero-order valence-electron chi connectivity index (χ0n) is 16.1. The van der Waals surface area contributed by atoms with Crippen molar-refractivity contribution in [1.29, 1.82) is 0 Å². The van der Waals surface area contributed by atoms with Crippen LogP contribution in [0.25, 0.3) is 0 Å². The molecule has 0 radical (unpaired) electrons. The standard InChI is InChI=1S/C22H26N2O4/c1-2-27-19-12-6-7-13-20(19)28-16-21(25)23-18-11-5-4-10-17(18)22(26)24-14-8-3-9-15-24/h4-7,10-13H,2-3,8-9,14-16H2,1H3,(H,23,25). The molecule has 1 aliphatic heterocycles. The number of para-hydroxylation sites is 3. The number of nitrogens with zero attached hydrogens (tertiary/aromatic N) is 1. The third-order valence-corrected chi connectivity index (χ3v) is 4.58. The van der Waals surface area contributed by atoms with Crippen molar-refractivity contribution in [3.05, 3.63) is 54.1 Å². The summed E-state index contributed by atoms with van der Waals surface area (Å²) >= 11 is 0. The Morgan fingerprint density at radius 3 is 2.29 bits per heavy atom. The lowest BCUT2D eigenvalue weighted by molar-refractivity contribution is -0.118. The summed E-state index contributed by atoms with van der Waals surface area (Å²) in [5.74, 6) is 0.735. The van der Waals surface area contributed by atoms with Crippen LogP contribution < -0.4 is 14.8 Å². The number of carbonyl (C=O) groups is 2. The van der Waals surface area contributed by atoms with Crippen molar-refractivity contribution in [3.8, 4) is 11.5 Å². The van der Waals surface area contributed by atoms with Crippen molar-refractivity contribution >= 4 is 17.5 Å². The van der Waals surface area contributed by atoms with Crippen LogP contribution in [0.3, 0.4) is 0 Å². The maximum absolute atomic E-state index is 12.8. The molecule has 0 bridgehead atoms. The Labute approximate surface area is 165 Å². The van der Waals surface area contributed by atoms with E-state index in [1.54, 1.807) is 30.3 Å². The predicted octanol–water partition coefficient (Wildman–Crippen LogP) is 3.73. The molecule has 148 valence electrons. The Balaban J connectivity index is 1.64. The Morgan fingerprint density at radius 1 is 0.929 bits per heavy atom. The highest BCUT2D eigenvalue weighted by Gasteiger charge is 2.21. The summed E-state index contributed by atoms with van der Waals surface area (Å²) in [6, 6.07) is 14.3. The van der Waals surface area contributed by atoms with Crippen molar-refractivity contribution in [2.45, 2.75) is 26.2 Å². The van der Waals surface area contributed by atoms with Gasteiger partial charge in [0.1, 0.15) is 0 Å². The van der Waals surface area contributed by atoms with E-state index in [0.29, 0.717) is 29.4 Å². The Morgan fingerprint density at radius 2 is 1.57 bits per heavy atom. The van der Waals surface area contributed by atoms with Gasteiger partial charge < -0.3 is 19.7 Å². The minimum absolute atomic E-state index is 0.0433. The van der Waals surface area contributed by atoms with Gasteiger partial charge in [-0.15, -0.1) is 0 Å². The minimum atomic E-state index is -0.329. The molecule has 0 spiro atoms. The second kappa shape index (κ2) is 9.78. The second-order valence-electron chi connectivity index (χ2n) is 6.62. The third-order valence-electron chi connectivity index (χ3n) is 4.58. The van der Waals surface area contributed by atoms with E-state index in [0.717, 1.165) is 32.4 Å². The van der Waals surface area contributed by atoms with Crippen molar-refractivity contribution in [2.24, 2.45) is 0 Å². The summed E-state index contributed by atoms with van der Waals surface area (Å²) in [6.45, 7) is 3.76. The van der Waals surface area contributed by atoms with Gasteiger partial charge in [-0.25, -0.2) is 0 Å². The third kappa shape index (κ3) is 5.03. The van der Waals surface area contributed by atoms with Gasteiger partial charge >= 0.3 is 0 Å². The molecule has 1 saturated heterocycles. The molecule has 0 unspecified atom stereocenters. The summed E-state index contributed by atoms with van der Waals surface area (Å²) in [5, 5.41) is 2.80. The number of likely N-dealkylation sites (tertiary alicyclic amines) is 1. The number of hydrogen-bond acceptors (Lipinski definition) is 4. The van der Waals surface area contributed by atoms with Crippen LogP contribution in [0.1, 0.15) is 36.5 Å². The monoisotopic (exact) mass is 382 g/mol. The molecule has 2 aromatic carbocycles. The van der Waals surface area contributed by atoms with Gasteiger partial charge in [-0.3, -0.25) is 9.59 Å². The van der Waals surface area contributed by atoms with Crippen LogP contribution >= 0.6 is 0 Å². The van der Waals surface area contributed by atoms with E-state index in [1.165, 1.54) is 0 Å². The highest BCUT2D eigenvalue weighted by atomic mass is 16.5. The zero-order valence-corrected chi connectivity index (χ0v) is 16.1. The molecule has 6 heteroatoms. The Kier molecular flexibility index (Phi) is 6.89. The molecule has 0 atom stereocenters. The fraction of sp³-hybridized carbons (Fsp3) is 0.364. The van der Waals surface area contributed by atoms with Crippen LogP contribution in [-0.2, 0) is 4.79 Å². The highest BCUT2D eigenvalue weighted by molar-refractivity contribution is 6.04. The molecule has 2 aromatic rings. The molecule has 0 saturated carbocycles. The average Bonchev–Trinajstić information content (AvgIpc) is 2.74. The molecule has 3 rings (SSSR count). The van der Waals surface area contributed by atoms with E-state index in [1.807, 2.05) is 30.0 Å². The van der Waals surface area contributed by atoms with Gasteiger partial charge in [0, 0.05) is 13.1 Å². The van der Waals surface area contributed by atoms with Crippen LogP contribution in [0.5, 0.6) is 11.5 Å². The van der Waals surface area contributed by atoms with Crippen LogP contribution in [0, 0.1) is 0 Å². The lowest BCUT2D eigenvalue weighted by Crippen LogP contribution is -2.36. The lowest BCUT2D eigenvalue weighted by atomic mass is 10.1. The SMILES string of the molecule is CCOc1ccccc1OCC(=O)Nc1ccccc1C(=O)N1CCCCC1. The summed E-state index contributed by atoms with van der Waals surface area (Å²) in [7, 11) is 0. The fourth-order valence-corrected chi connectivity index (χ4v) is 3.22. The molecule has 0 aromatic heterocycles. The average molecular weight is 382 g/mol. The van der Waals surface area contributed by atoms with Gasteiger partial charge in [-0.05, 0) is 50.5 Å². The Bertz CT molecular complexity index is 816. The molecule has 0 aliphatic carbocycles. The van der Waals surface area contributed by atoms with E-state index in [9.17, 15) is 9.59 Å². The molecular weight excluding hydrogens is 356 g/mol. The van der Waals surface area contributed by atoms with Gasteiger partial charge in [0.15, 0.2) is 18.1 Å². The number of ether oxygens (including phenoxy) is 2. The normalized spacial score (nSPS) is 13.7. The van der Waals surface area contributed by atoms with Crippen LogP contribution in [0.4, 0.5) is 5.69 Å². The van der Waals surface area contributed by atoms with Crippen molar-refractivity contribution in [1.82, 2.24) is 4.90 Å². The first-order valence-corrected chi connectivity index (χ1v) is 9.72. The van der Waals surface area contributed by atoms with E-state index < -0.39 is 0 Å². The number of amides is 2. The topological polar surface area (TPSA) is 67.9 Å². The van der Waals surface area contributed by atoms with E-state index in [2.05, 4.69) is 5.32 Å². The van der Waals surface area contributed by atoms with E-state index >= 15 is 0 Å². The maximum Gasteiger partial charge on any atom is 0.262 e. The van der Waals surface area contributed by atoms with Crippen LogP contribution in [0.15, 0.2) is 48.5 Å². The summed E-state index contributed by atoms with van der Waals surface area (Å²) < 4.78 is 11.1. The number of carbonyl (C=O) groups excluding carboxylic acids is 2. The van der Waals surface area contributed by atoms with E-state index in [-0.39, 0.29) is 18.4 Å². The molecule has 6 nitrogen and oxygen atoms in total. The smallest absolute Gasteiger partial charge is 0.262 e. The molecular formula is C22H26N2O4. The van der Waals surface area contributed by atoms with Crippen LogP contribution in [0.2, 0.25) is 0 Å². The minimum Gasteiger partial charge on any atom is -0.490 e. The van der Waals surface area contributed by atoms with E-state index in [4.69, 9.17) is 9.47 Å². The number of piperidine rings is 1. The maximum atomic E-state index is 12.8. The molecule has 1 heterocycles. The first-order chi connectivity index (χ1) is 13.7. The number of anilines is 1. The van der Waals surface area contributed by atoms with Crippen molar-refractivity contribution in [3.63, 3.8) is 0 Å². The zero-order chi connectivity index (χ0) is 19.8. The Hall–Kier alpha value is -3.02. The summed E-state index contributed by atoms with van der Waals surface area (Å²) in [5.41, 5.74) is 1.01. The molecule has 1 aliphatic rings. The molecule has 1 fully saturated rings. The summed E-state index contributed by atoms with van der Waals surface area (Å²) in [6.07, 6.45) is 3.20. The van der Waals surface area contributed by atoms with Gasteiger partial charge in [-0.2, -0.15) is 0 Å². The van der Waals surface area contributed by atoms with Gasteiger partial charge in [0.2, 0.25) is 0 Å². The quantitative estimate of drug-likeness (QED) is 0.792. The number of nitrogens with one attached hydrogen (secondary N) is 1. The van der Waals surface area contributed by atoms with Crippen molar-refractivity contribution < 1.29 is 19.1 Å². The summed E-state index contributed by atoms with van der Waals surface area (Å²) in [4.78, 5) is 27.1. The number of rotatable bonds is 7. The van der Waals surface area contributed by atoms with Gasteiger partial charge in [-0.1, -0.05) is 24.3 Å². The first-order valence-electron chi connectivity index (χ1n) is 9.72. The number of benzene rings is 2. The predicted molar refractivity (Wildman–Crippen MR) is 108 cm³/mol. The first kappa shape index (κ1) is 19.7. The lowest BCUT2D eigenvalue weighted by Gasteiger charge is -2.27. The second-order valence-corrected chi connectivity index (χ2v) is 6.62. The molecule has 2 amide bonds. The van der Waals surface area contributed by atoms with Crippen LogP contribution in [-0.4, -0.2) is 43.0 Å². The largest absolute Gasteiger partial charge is 0.490 e. The molecule has 1 N–H and O–H groups in total. The highest BCUT2D eigenvalue weighted by Crippen LogP contribution is 2.26. The van der Waals surface area contributed by atoms with Gasteiger partial charge in [0.05, 0.1) is 17.9 Å². The molecule has 28 heavy (non-hydrogen) atoms. The van der Waals surface area contributed by atoms with Gasteiger partial charge in [0.25, 0.3) is 11.8 Å².